The number of unbranched alkanes of at least 4 members (excludes halogenated alkanes) is 9. The first kappa shape index (κ1) is 118. The average molecular weight is 1850 g/mol. The lowest BCUT2D eigenvalue weighted by Crippen LogP contribution is -2.34. The molecule has 1 saturated carbocycles. The second-order valence-corrected chi connectivity index (χ2v) is 33.6. The maximum absolute atomic E-state index is 12.0. The Kier molecular flexibility index (Phi) is 61.6. The Hall–Kier alpha value is -12.5. The fourth-order valence-electron chi connectivity index (χ4n) is 11.9. The Labute approximate surface area is 794 Å². The molecule has 6 aromatic rings. The van der Waals surface area contributed by atoms with Crippen molar-refractivity contribution < 1.29 is 83.0 Å². The summed E-state index contributed by atoms with van der Waals surface area (Å²) in [6, 6.07) is 45.6. The first-order chi connectivity index (χ1) is 64.1. The number of esters is 1. The summed E-state index contributed by atoms with van der Waals surface area (Å²) >= 11 is 0. The van der Waals surface area contributed by atoms with Crippen molar-refractivity contribution in [2.45, 2.75) is 219 Å². The molecule has 10 amide bonds. The van der Waals surface area contributed by atoms with Crippen molar-refractivity contribution in [3.8, 4) is 6.07 Å². The molecule has 0 saturated heterocycles. The van der Waals surface area contributed by atoms with Gasteiger partial charge >= 0.3 is 5.97 Å². The van der Waals surface area contributed by atoms with E-state index in [0.29, 0.717) is 77.9 Å². The van der Waals surface area contributed by atoms with E-state index in [0.717, 1.165) is 143 Å². The number of allylic oxidation sites excluding steroid dienone is 5. The second kappa shape index (κ2) is 70.2. The van der Waals surface area contributed by atoms with Gasteiger partial charge in [0.15, 0.2) is 0 Å². The van der Waals surface area contributed by atoms with Gasteiger partial charge in [-0.3, -0.25) is 52.7 Å². The largest absolute Gasteiger partial charge is 0.469 e. The number of carbonyl (C=O) groups is 11. The van der Waals surface area contributed by atoms with Crippen LogP contribution in [0.15, 0.2) is 176 Å². The van der Waals surface area contributed by atoms with Gasteiger partial charge in [0.05, 0.1) is 46.2 Å². The number of hydrogen-bond donors (Lipinski definition) is 11. The Morgan fingerprint density at radius 3 is 0.896 bits per heavy atom. The van der Waals surface area contributed by atoms with Crippen LogP contribution in [-0.2, 0) is 35.1 Å². The van der Waals surface area contributed by atoms with Crippen LogP contribution in [0, 0.1) is 11.3 Å². The maximum Gasteiger partial charge on any atom is 0.305 e. The standard InChI is InChI=1S/C19H28N2O3.C18H28N2O3.C18H26N2O3.C18H24N2O2.C17H23NO4.C16H20N2O2/c1-15(14-22)20-19(24)17-11-8-10-16(13-17)9-6-4-5-7-12-18(23)21(2)3;2*1-14(13-21)19-18(23)16-10-7-9-15(12-16)8-5-4-6-11-17(22)20(2)3;1-20(2)17(21)10-5-3-4-7-14-8-6-9-15(13-14)18(22)19-16-11-12-16;1-13(12-19)18-17(21)15-9-6-8-14(11-15)7-4-3-5-10-16(20)22-2;1-13(12-19)18-16(20)15-9-6-8-14(11-15)7-4-2-3-5-10-17/h6,8-11,13,15,22H,4-5,7,12,14H2,1-3H3,(H,20,24);7,9-10,12,14,21H,4-6,8,11,13H2,1-3H3,(H,19,23);5,7-10,12,14,21H,4,6,11,13H2,1-3H3,(H,19,23);4,6-9,13,16H,3,5,10-12H2,1-2H3,(H,19,22);4,6-9,11,13,19H,3,5,10,12H2,1-2H3,(H,18,21);4,6-9,11,13,19H,2-3,5,12H2,1H3,(H,18,20)/b9-6-;;8-5-;3*7-4-. The molecule has 730 valence electrons. The third-order valence-corrected chi connectivity index (χ3v) is 20.2. The molecule has 28 nitrogen and oxygen atoms in total. The molecule has 0 radical (unpaired) electrons. The van der Waals surface area contributed by atoms with Crippen molar-refractivity contribution in [1.29, 1.82) is 5.26 Å². The van der Waals surface area contributed by atoms with Crippen molar-refractivity contribution in [3.05, 3.63) is 243 Å². The lowest BCUT2D eigenvalue weighted by Gasteiger charge is -2.11. The maximum atomic E-state index is 12.0. The van der Waals surface area contributed by atoms with Gasteiger partial charge in [0.1, 0.15) is 0 Å². The quantitative estimate of drug-likeness (QED) is 0.0125. The fourth-order valence-corrected chi connectivity index (χ4v) is 11.9. The van der Waals surface area contributed by atoms with Gasteiger partial charge in [-0.2, -0.15) is 5.26 Å². The highest BCUT2D eigenvalue weighted by Gasteiger charge is 2.24. The molecule has 5 unspecified atom stereocenters. The van der Waals surface area contributed by atoms with Gasteiger partial charge < -0.3 is 81.8 Å². The first-order valence-electron chi connectivity index (χ1n) is 46.2. The van der Waals surface area contributed by atoms with Crippen LogP contribution in [-0.4, -0.2) is 243 Å². The number of aliphatic hydroxyl groups is 5. The summed E-state index contributed by atoms with van der Waals surface area (Å²) in [6.07, 6.45) is 38.4. The predicted molar refractivity (Wildman–Crippen MR) is 533 cm³/mol. The van der Waals surface area contributed by atoms with E-state index in [1.54, 1.807) is 159 Å². The van der Waals surface area contributed by atoms with E-state index in [-0.39, 0.29) is 128 Å². The molecule has 11 N–H and O–H groups in total. The topological polar surface area (TPSA) is 407 Å². The van der Waals surface area contributed by atoms with Crippen LogP contribution in [0.2, 0.25) is 0 Å². The van der Waals surface area contributed by atoms with E-state index in [2.05, 4.69) is 54.9 Å². The second-order valence-electron chi connectivity index (χ2n) is 33.6. The molecular weight excluding hydrogens is 1700 g/mol. The van der Waals surface area contributed by atoms with E-state index in [1.807, 2.05) is 146 Å². The number of amides is 10. The van der Waals surface area contributed by atoms with Gasteiger partial charge in [-0.1, -0.05) is 140 Å². The number of nitrogens with zero attached hydrogens (tertiary/aromatic N) is 5. The minimum Gasteiger partial charge on any atom is -0.469 e. The Bertz CT molecular complexity index is 4740. The molecule has 1 fully saturated rings. The minimum absolute atomic E-state index is 0.00864. The van der Waals surface area contributed by atoms with Gasteiger partial charge in [-0.25, -0.2) is 0 Å². The summed E-state index contributed by atoms with van der Waals surface area (Å²) < 4.78 is 4.57. The van der Waals surface area contributed by atoms with Crippen LogP contribution in [0.3, 0.4) is 0 Å². The van der Waals surface area contributed by atoms with Gasteiger partial charge in [0.25, 0.3) is 35.4 Å². The summed E-state index contributed by atoms with van der Waals surface area (Å²) in [7, 11) is 15.5. The molecule has 0 bridgehead atoms. The summed E-state index contributed by atoms with van der Waals surface area (Å²) in [4.78, 5) is 135. The molecule has 1 aliphatic rings. The van der Waals surface area contributed by atoms with Crippen molar-refractivity contribution >= 4 is 95.4 Å². The third-order valence-electron chi connectivity index (χ3n) is 20.2. The molecular formula is C106H149N11O17. The van der Waals surface area contributed by atoms with Crippen molar-refractivity contribution in [3.63, 3.8) is 0 Å². The summed E-state index contributed by atoms with van der Waals surface area (Å²) in [6.45, 7) is 8.33. The number of benzene rings is 6. The Balaban J connectivity index is 0.000000544. The van der Waals surface area contributed by atoms with Crippen LogP contribution in [0.25, 0.3) is 30.4 Å². The lowest BCUT2D eigenvalue weighted by molar-refractivity contribution is -0.140. The monoisotopic (exact) mass is 1850 g/mol. The van der Waals surface area contributed by atoms with Crippen molar-refractivity contribution in [1.82, 2.24) is 51.5 Å². The third kappa shape index (κ3) is 55.1. The molecule has 28 heteroatoms. The zero-order valence-corrected chi connectivity index (χ0v) is 81.3. The highest BCUT2D eigenvalue weighted by molar-refractivity contribution is 5.98. The van der Waals surface area contributed by atoms with E-state index in [1.165, 1.54) is 7.11 Å². The van der Waals surface area contributed by atoms with Crippen molar-refractivity contribution in [2.24, 2.45) is 0 Å². The lowest BCUT2D eigenvalue weighted by atomic mass is 10.0. The SMILES string of the molecule is CC(CO)NC(=O)c1cccc(/C=C\CCCC#N)c1.CC(CO)NC(=O)c1cccc(/C=C\CCCC(=O)N(C)C)c1.CC(CO)NC(=O)c1cccc(/C=C\CCCCC(=O)N(C)C)c1.CC(CO)NC(=O)c1cccc(CCCCCC(=O)N(C)C)c1.CN(C)C(=O)CCC/C=C\c1cccc(C(=O)NC2CC2)c1.COC(=O)CCC/C=C\c1cccc(C(=O)NC(C)CO)c1. The summed E-state index contributed by atoms with van der Waals surface area (Å²) in [5.74, 6) is -0.510. The predicted octanol–water partition coefficient (Wildman–Crippen LogP) is 14.0. The smallest absolute Gasteiger partial charge is 0.305 e. The Morgan fingerprint density at radius 1 is 0.351 bits per heavy atom. The zero-order valence-electron chi connectivity index (χ0n) is 81.3. The average Bonchev–Trinajstić information content (AvgIpc) is 1.85. The number of nitriles is 1. The number of aryl methyl sites for hydroxylation is 1. The number of aliphatic hydroxyl groups excluding tert-OH is 5. The number of methoxy groups -OCH3 is 1. The summed E-state index contributed by atoms with van der Waals surface area (Å²) in [5.41, 5.74) is 9.49. The molecule has 0 spiro atoms. The van der Waals surface area contributed by atoms with E-state index in [4.69, 9.17) is 30.8 Å². The van der Waals surface area contributed by atoms with Crippen LogP contribution in [0.4, 0.5) is 0 Å². The minimum atomic E-state index is -0.273. The van der Waals surface area contributed by atoms with Crippen molar-refractivity contribution in [2.75, 3.05) is 96.5 Å². The van der Waals surface area contributed by atoms with Gasteiger partial charge in [-0.05, 0) is 244 Å². The Morgan fingerprint density at radius 2 is 0.612 bits per heavy atom. The molecule has 0 aromatic heterocycles. The van der Waals surface area contributed by atoms with Gasteiger partial charge in [-0.15, -0.1) is 0 Å². The molecule has 6 aromatic carbocycles. The van der Waals surface area contributed by atoms with E-state index < -0.39 is 0 Å². The first-order valence-corrected chi connectivity index (χ1v) is 46.2. The van der Waals surface area contributed by atoms with Crippen LogP contribution in [0.5, 0.6) is 0 Å². The number of ether oxygens (including phenoxy) is 1. The highest BCUT2D eigenvalue weighted by atomic mass is 16.5. The van der Waals surface area contributed by atoms with Gasteiger partial charge in [0.2, 0.25) is 23.6 Å². The molecule has 0 aliphatic heterocycles. The molecule has 0 heterocycles. The van der Waals surface area contributed by atoms with Gasteiger partial charge in [0, 0.05) is 165 Å². The molecule has 1 aliphatic carbocycles. The number of rotatable bonds is 48. The summed E-state index contributed by atoms with van der Waals surface area (Å²) in [5, 5.41) is 69.8. The van der Waals surface area contributed by atoms with Crippen LogP contribution >= 0.6 is 0 Å². The normalized spacial score (nSPS) is 12.4. The fraction of sp³-hybridized carbons (Fsp3) is 0.453. The molecule has 7 rings (SSSR count). The number of nitrogens with one attached hydrogen (secondary N) is 6. The van der Waals surface area contributed by atoms with E-state index >= 15 is 0 Å². The zero-order chi connectivity index (χ0) is 99.6. The molecule has 134 heavy (non-hydrogen) atoms. The van der Waals surface area contributed by atoms with E-state index in [9.17, 15) is 52.7 Å². The van der Waals surface area contributed by atoms with Crippen LogP contribution < -0.4 is 31.9 Å². The number of hydrogen-bond acceptors (Lipinski definition) is 18. The molecule has 5 atom stereocenters. The number of carbonyl (C=O) groups excluding carboxylic acids is 11. The van der Waals surface area contributed by atoms with Crippen LogP contribution in [0.1, 0.15) is 271 Å². The highest BCUT2D eigenvalue weighted by Crippen LogP contribution is 2.21.